The van der Waals surface area contributed by atoms with Crippen molar-refractivity contribution in [3.8, 4) is 5.75 Å². The third kappa shape index (κ3) is 7.84. The first kappa shape index (κ1) is 24.5. The van der Waals surface area contributed by atoms with Crippen molar-refractivity contribution in [3.05, 3.63) is 54.1 Å². The summed E-state index contributed by atoms with van der Waals surface area (Å²) in [7, 11) is 0. The van der Waals surface area contributed by atoms with Crippen LogP contribution in [0.2, 0.25) is 0 Å². The molecule has 1 aromatic carbocycles. The lowest BCUT2D eigenvalue weighted by Gasteiger charge is -2.31. The maximum absolute atomic E-state index is 6.10. The lowest BCUT2D eigenvalue weighted by Crippen LogP contribution is -2.43. The molecule has 1 aliphatic heterocycles. The number of benzene rings is 1. The predicted molar refractivity (Wildman–Crippen MR) is 130 cm³/mol. The number of anilines is 1. The summed E-state index contributed by atoms with van der Waals surface area (Å²) in [5.41, 5.74) is 1.09. The van der Waals surface area contributed by atoms with E-state index in [0.717, 1.165) is 28.7 Å². The van der Waals surface area contributed by atoms with Crippen LogP contribution in [0.3, 0.4) is 0 Å². The van der Waals surface area contributed by atoms with Gasteiger partial charge in [0.1, 0.15) is 17.7 Å². The van der Waals surface area contributed by atoms with E-state index in [1.54, 1.807) is 12.2 Å². The molecule has 2 rings (SSSR count). The fourth-order valence-corrected chi connectivity index (χ4v) is 3.69. The van der Waals surface area contributed by atoms with Crippen molar-refractivity contribution in [2.45, 2.75) is 44.7 Å². The molecule has 0 amide bonds. The molecule has 0 spiro atoms. The van der Waals surface area contributed by atoms with Crippen molar-refractivity contribution in [2.24, 2.45) is 4.40 Å². The number of rotatable bonds is 12. The lowest BCUT2D eigenvalue weighted by molar-refractivity contribution is 0.155. The molecule has 5 nitrogen and oxygen atoms in total. The van der Waals surface area contributed by atoms with Gasteiger partial charge in [-0.15, -0.1) is 0 Å². The maximum atomic E-state index is 6.10. The van der Waals surface area contributed by atoms with Crippen LogP contribution in [-0.4, -0.2) is 44.3 Å². The topological polar surface area (TPSA) is 46.1 Å². The second-order valence-corrected chi connectivity index (χ2v) is 8.32. The lowest BCUT2D eigenvalue weighted by atomic mass is 10.2. The van der Waals surface area contributed by atoms with Crippen LogP contribution in [0.15, 0.2) is 63.4 Å². The summed E-state index contributed by atoms with van der Waals surface area (Å²) in [6.45, 7) is 14.7. The zero-order valence-electron chi connectivity index (χ0n) is 18.2. The molecule has 1 aliphatic rings. The van der Waals surface area contributed by atoms with Gasteiger partial charge in [0.15, 0.2) is 0 Å². The number of nitrogens with zero attached hydrogens (tertiary/aromatic N) is 2. The molecule has 0 bridgehead atoms. The highest BCUT2D eigenvalue weighted by atomic mass is 35.5. The highest BCUT2D eigenvalue weighted by molar-refractivity contribution is 7.98. The minimum absolute atomic E-state index is 0.126. The number of hydrogen-bond acceptors (Lipinski definition) is 6. The van der Waals surface area contributed by atoms with E-state index in [-0.39, 0.29) is 6.10 Å². The highest BCUT2D eigenvalue weighted by Gasteiger charge is 2.23. The molecular weight excluding hydrogens is 418 g/mol. The summed E-state index contributed by atoms with van der Waals surface area (Å²) in [4.78, 5) is 3.32. The van der Waals surface area contributed by atoms with Gasteiger partial charge in [0.2, 0.25) is 0 Å². The molecule has 0 aromatic heterocycles. The number of fused-ring (bicyclic) bond motifs is 1. The standard InChI is InChI=1S/C23H32ClN3O2S/c1-6-8-19(24)10-9-18(5)29-20-11-12-22-21(15-20)27(13-14-28-7-2)23(26-30-22)16-25-17(3)4/h6,8-12,15,17-18,25H,1,7,13-14,16H2,2-5H3/b10-9-,19-8+. The van der Waals surface area contributed by atoms with Crippen LogP contribution in [0.5, 0.6) is 5.75 Å². The summed E-state index contributed by atoms with van der Waals surface area (Å²) in [5, 5.41) is 4.07. The van der Waals surface area contributed by atoms with E-state index in [1.165, 1.54) is 11.9 Å². The van der Waals surface area contributed by atoms with Gasteiger partial charge in [0.05, 0.1) is 23.7 Å². The Morgan fingerprint density at radius 3 is 2.87 bits per heavy atom. The zero-order chi connectivity index (χ0) is 21.9. The molecule has 0 aliphatic carbocycles. The average molecular weight is 450 g/mol. The third-order valence-corrected chi connectivity index (χ3v) is 5.34. The third-order valence-electron chi connectivity index (χ3n) is 4.24. The SMILES string of the molecule is C=C/C=C(Cl)\C=C/C(C)Oc1ccc2c(c1)N(CCOCC)C(CNC(C)C)=NS2. The molecule has 0 saturated heterocycles. The first-order valence-electron chi connectivity index (χ1n) is 10.2. The largest absolute Gasteiger partial charge is 0.487 e. The van der Waals surface area contributed by atoms with Crippen molar-refractivity contribution in [2.75, 3.05) is 31.2 Å². The average Bonchev–Trinajstić information content (AvgIpc) is 2.71. The second-order valence-electron chi connectivity index (χ2n) is 7.08. The van der Waals surface area contributed by atoms with Gasteiger partial charge >= 0.3 is 0 Å². The van der Waals surface area contributed by atoms with Crippen molar-refractivity contribution < 1.29 is 9.47 Å². The zero-order valence-corrected chi connectivity index (χ0v) is 19.8. The molecule has 1 heterocycles. The van der Waals surface area contributed by atoms with Gasteiger partial charge in [-0.05, 0) is 44.2 Å². The van der Waals surface area contributed by atoms with Gasteiger partial charge in [0.25, 0.3) is 0 Å². The van der Waals surface area contributed by atoms with Gasteiger partial charge in [-0.25, -0.2) is 0 Å². The quantitative estimate of drug-likeness (QED) is 0.256. The van der Waals surface area contributed by atoms with Crippen molar-refractivity contribution in [1.82, 2.24) is 5.32 Å². The Balaban J connectivity index is 2.18. The Morgan fingerprint density at radius 2 is 2.17 bits per heavy atom. The van der Waals surface area contributed by atoms with Crippen LogP contribution in [0.4, 0.5) is 5.69 Å². The Hall–Kier alpha value is -1.73. The molecule has 0 radical (unpaired) electrons. The van der Waals surface area contributed by atoms with Crippen LogP contribution in [0.25, 0.3) is 0 Å². The highest BCUT2D eigenvalue weighted by Crippen LogP contribution is 2.38. The van der Waals surface area contributed by atoms with Gasteiger partial charge in [-0.1, -0.05) is 38.1 Å². The van der Waals surface area contributed by atoms with Gasteiger partial charge < -0.3 is 19.7 Å². The number of hydrogen-bond donors (Lipinski definition) is 1. The minimum Gasteiger partial charge on any atom is -0.487 e. The van der Waals surface area contributed by atoms with E-state index >= 15 is 0 Å². The molecule has 0 fully saturated rings. The summed E-state index contributed by atoms with van der Waals surface area (Å²) in [6, 6.07) is 6.49. The van der Waals surface area contributed by atoms with Crippen LogP contribution in [-0.2, 0) is 4.74 Å². The number of amidine groups is 1. The van der Waals surface area contributed by atoms with E-state index in [1.807, 2.05) is 32.1 Å². The molecule has 1 aromatic rings. The summed E-state index contributed by atoms with van der Waals surface area (Å²) in [5.74, 6) is 1.79. The molecule has 164 valence electrons. The van der Waals surface area contributed by atoms with Crippen molar-refractivity contribution >= 4 is 35.1 Å². The molecular formula is C23H32ClN3O2S. The molecule has 7 heteroatoms. The van der Waals surface area contributed by atoms with Crippen LogP contribution >= 0.6 is 23.5 Å². The summed E-state index contributed by atoms with van der Waals surface area (Å²) >= 11 is 7.58. The molecule has 1 N–H and O–H groups in total. The normalized spacial score (nSPS) is 15.3. The van der Waals surface area contributed by atoms with Crippen LogP contribution in [0.1, 0.15) is 27.7 Å². The van der Waals surface area contributed by atoms with E-state index in [2.05, 4.69) is 42.8 Å². The Labute approximate surface area is 190 Å². The number of allylic oxidation sites excluding steroid dienone is 4. The van der Waals surface area contributed by atoms with Gasteiger partial charge in [-0.2, -0.15) is 4.40 Å². The Kier molecular flexibility index (Phi) is 10.5. The fourth-order valence-electron chi connectivity index (χ4n) is 2.77. The van der Waals surface area contributed by atoms with Crippen molar-refractivity contribution in [3.63, 3.8) is 0 Å². The first-order valence-corrected chi connectivity index (χ1v) is 11.4. The maximum Gasteiger partial charge on any atom is 0.131 e. The van der Waals surface area contributed by atoms with E-state index in [9.17, 15) is 0 Å². The first-order chi connectivity index (χ1) is 14.4. The second kappa shape index (κ2) is 12.8. The van der Waals surface area contributed by atoms with E-state index in [4.69, 9.17) is 25.5 Å². The minimum atomic E-state index is -0.126. The monoisotopic (exact) mass is 449 g/mol. The molecule has 30 heavy (non-hydrogen) atoms. The molecule has 1 atom stereocenters. The Bertz CT molecular complexity index is 793. The van der Waals surface area contributed by atoms with E-state index in [0.29, 0.717) is 30.8 Å². The van der Waals surface area contributed by atoms with Crippen molar-refractivity contribution in [1.29, 1.82) is 0 Å². The van der Waals surface area contributed by atoms with E-state index < -0.39 is 0 Å². The number of halogens is 1. The summed E-state index contributed by atoms with van der Waals surface area (Å²) in [6.07, 6.45) is 7.01. The smallest absolute Gasteiger partial charge is 0.131 e. The number of ether oxygens (including phenoxy) is 2. The van der Waals surface area contributed by atoms with Crippen LogP contribution < -0.4 is 15.0 Å². The predicted octanol–water partition coefficient (Wildman–Crippen LogP) is 5.58. The van der Waals surface area contributed by atoms with Gasteiger partial charge in [-0.3, -0.25) is 0 Å². The Morgan fingerprint density at radius 1 is 1.37 bits per heavy atom. The molecule has 1 unspecified atom stereocenters. The fraction of sp³-hybridized carbons (Fsp3) is 0.435. The summed E-state index contributed by atoms with van der Waals surface area (Å²) < 4.78 is 16.4. The molecule has 0 saturated carbocycles. The van der Waals surface area contributed by atoms with Crippen LogP contribution in [0, 0.1) is 0 Å². The van der Waals surface area contributed by atoms with Gasteiger partial charge in [0, 0.05) is 42.2 Å². The number of nitrogens with one attached hydrogen (secondary N) is 1.